The van der Waals surface area contributed by atoms with E-state index in [1.165, 1.54) is 16.0 Å². The van der Waals surface area contributed by atoms with E-state index in [-0.39, 0.29) is 6.04 Å². The zero-order chi connectivity index (χ0) is 13.1. The van der Waals surface area contributed by atoms with Gasteiger partial charge in [0, 0.05) is 25.6 Å². The topological polar surface area (TPSA) is 38.0 Å². The molecule has 18 heavy (non-hydrogen) atoms. The third-order valence-electron chi connectivity index (χ3n) is 2.81. The lowest BCUT2D eigenvalue weighted by atomic mass is 10.0. The molecule has 0 fully saturated rings. The van der Waals surface area contributed by atoms with Crippen LogP contribution < -0.4 is 11.3 Å². The van der Waals surface area contributed by atoms with Crippen molar-refractivity contribution in [2.24, 2.45) is 5.84 Å². The molecular formula is C13H14Br2N2S. The lowest BCUT2D eigenvalue weighted by molar-refractivity contribution is 0.555. The van der Waals surface area contributed by atoms with E-state index in [1.807, 2.05) is 0 Å². The van der Waals surface area contributed by atoms with Crippen LogP contribution in [0.25, 0.3) is 0 Å². The predicted octanol–water partition coefficient (Wildman–Crippen LogP) is 4.33. The lowest BCUT2D eigenvalue weighted by Crippen LogP contribution is -2.29. The number of halogens is 2. The van der Waals surface area contributed by atoms with Gasteiger partial charge in [0.1, 0.15) is 0 Å². The van der Waals surface area contributed by atoms with E-state index < -0.39 is 0 Å². The van der Waals surface area contributed by atoms with Gasteiger partial charge < -0.3 is 0 Å². The van der Waals surface area contributed by atoms with Crippen LogP contribution in [0.1, 0.15) is 22.0 Å². The van der Waals surface area contributed by atoms with Gasteiger partial charge in [-0.05, 0) is 46.1 Å². The fourth-order valence-electron chi connectivity index (χ4n) is 1.82. The summed E-state index contributed by atoms with van der Waals surface area (Å²) < 4.78 is 2.26. The van der Waals surface area contributed by atoms with Gasteiger partial charge in [0.25, 0.3) is 0 Å². The second kappa shape index (κ2) is 6.30. The zero-order valence-corrected chi connectivity index (χ0v) is 13.9. The van der Waals surface area contributed by atoms with Crippen LogP contribution in [0, 0.1) is 6.92 Å². The first kappa shape index (κ1) is 14.2. The quantitative estimate of drug-likeness (QED) is 0.603. The molecule has 1 atom stereocenters. The van der Waals surface area contributed by atoms with Crippen molar-refractivity contribution in [3.8, 4) is 0 Å². The zero-order valence-electron chi connectivity index (χ0n) is 9.91. The van der Waals surface area contributed by atoms with Crippen molar-refractivity contribution >= 4 is 43.2 Å². The van der Waals surface area contributed by atoms with Gasteiger partial charge in [0.15, 0.2) is 0 Å². The van der Waals surface area contributed by atoms with Crippen molar-refractivity contribution in [1.82, 2.24) is 5.43 Å². The van der Waals surface area contributed by atoms with Gasteiger partial charge in [-0.2, -0.15) is 0 Å². The summed E-state index contributed by atoms with van der Waals surface area (Å²) >= 11 is 8.73. The minimum Gasteiger partial charge on any atom is -0.271 e. The molecule has 0 aliphatic heterocycles. The minimum atomic E-state index is 0.141. The van der Waals surface area contributed by atoms with E-state index in [4.69, 9.17) is 5.84 Å². The Morgan fingerprint density at radius 1 is 1.33 bits per heavy atom. The average Bonchev–Trinajstić information content (AvgIpc) is 2.75. The number of nitrogens with one attached hydrogen (secondary N) is 1. The summed E-state index contributed by atoms with van der Waals surface area (Å²) in [5.41, 5.74) is 5.33. The highest BCUT2D eigenvalue weighted by Gasteiger charge is 2.12. The summed E-state index contributed by atoms with van der Waals surface area (Å²) in [4.78, 5) is 1.31. The third-order valence-corrected chi connectivity index (χ3v) is 5.42. The number of hydrazine groups is 1. The van der Waals surface area contributed by atoms with Gasteiger partial charge in [-0.3, -0.25) is 11.3 Å². The fraction of sp³-hybridized carbons (Fsp3) is 0.231. The molecule has 0 amide bonds. The van der Waals surface area contributed by atoms with Crippen molar-refractivity contribution in [3.05, 3.63) is 54.6 Å². The van der Waals surface area contributed by atoms with Gasteiger partial charge in [0.2, 0.25) is 0 Å². The molecule has 0 bridgehead atoms. The van der Waals surface area contributed by atoms with E-state index in [1.54, 1.807) is 11.3 Å². The van der Waals surface area contributed by atoms with Crippen molar-refractivity contribution < 1.29 is 0 Å². The van der Waals surface area contributed by atoms with Crippen LogP contribution in [0.4, 0.5) is 0 Å². The van der Waals surface area contributed by atoms with Crippen LogP contribution >= 0.6 is 43.2 Å². The van der Waals surface area contributed by atoms with Crippen LogP contribution in [0.15, 0.2) is 38.6 Å². The van der Waals surface area contributed by atoms with Crippen LogP contribution in [-0.2, 0) is 6.42 Å². The van der Waals surface area contributed by atoms with E-state index in [2.05, 4.69) is 73.9 Å². The number of thiophene rings is 1. The molecular weight excluding hydrogens is 376 g/mol. The molecule has 1 aromatic heterocycles. The molecule has 1 aromatic carbocycles. The highest BCUT2D eigenvalue weighted by Crippen LogP contribution is 2.27. The van der Waals surface area contributed by atoms with Crippen molar-refractivity contribution in [3.63, 3.8) is 0 Å². The average molecular weight is 390 g/mol. The summed E-state index contributed by atoms with van der Waals surface area (Å²) in [7, 11) is 0. The Kier molecular flexibility index (Phi) is 4.98. The molecule has 0 radical (unpaired) electrons. The number of nitrogens with two attached hydrogens (primary N) is 1. The Hall–Kier alpha value is -0.200. The molecule has 2 aromatic rings. The maximum absolute atomic E-state index is 5.68. The summed E-state index contributed by atoms with van der Waals surface area (Å²) in [6.45, 7) is 2.09. The number of benzene rings is 1. The first-order valence-corrected chi connectivity index (χ1v) is 8.02. The lowest BCUT2D eigenvalue weighted by Gasteiger charge is -2.16. The van der Waals surface area contributed by atoms with E-state index >= 15 is 0 Å². The predicted molar refractivity (Wildman–Crippen MR) is 84.7 cm³/mol. The van der Waals surface area contributed by atoms with Gasteiger partial charge in [-0.1, -0.05) is 28.1 Å². The smallest absolute Gasteiger partial charge is 0.0508 e. The Labute approximate surface area is 128 Å². The molecule has 0 aliphatic carbocycles. The molecule has 96 valence electrons. The highest BCUT2D eigenvalue weighted by molar-refractivity contribution is 9.10. The SMILES string of the molecule is Cc1cc(C(Cc2cc(Br)cs2)NN)ccc1Br. The Bertz CT molecular complexity index is 540. The first-order valence-electron chi connectivity index (χ1n) is 5.55. The van der Waals surface area contributed by atoms with Crippen LogP contribution in [0.2, 0.25) is 0 Å². The summed E-state index contributed by atoms with van der Waals surface area (Å²) in [5.74, 6) is 5.68. The molecule has 2 rings (SSSR count). The summed E-state index contributed by atoms with van der Waals surface area (Å²) in [6.07, 6.45) is 0.897. The van der Waals surface area contributed by atoms with Gasteiger partial charge >= 0.3 is 0 Å². The Morgan fingerprint density at radius 2 is 2.11 bits per heavy atom. The van der Waals surface area contributed by atoms with Gasteiger partial charge in [-0.15, -0.1) is 11.3 Å². The molecule has 0 aliphatic rings. The fourth-order valence-corrected chi connectivity index (χ4v) is 3.56. The molecule has 5 heteroatoms. The molecule has 1 unspecified atom stereocenters. The normalized spacial score (nSPS) is 12.7. The summed E-state index contributed by atoms with van der Waals surface area (Å²) in [5, 5.41) is 2.09. The maximum Gasteiger partial charge on any atom is 0.0508 e. The number of hydrogen-bond acceptors (Lipinski definition) is 3. The second-order valence-corrected chi connectivity index (χ2v) is 6.93. The van der Waals surface area contributed by atoms with E-state index in [0.29, 0.717) is 0 Å². The van der Waals surface area contributed by atoms with Gasteiger partial charge in [0.05, 0.1) is 6.04 Å². The van der Waals surface area contributed by atoms with E-state index in [0.717, 1.165) is 15.4 Å². The number of hydrogen-bond donors (Lipinski definition) is 2. The highest BCUT2D eigenvalue weighted by atomic mass is 79.9. The Morgan fingerprint density at radius 3 is 2.67 bits per heavy atom. The Balaban J connectivity index is 2.19. The van der Waals surface area contributed by atoms with Crippen molar-refractivity contribution in [1.29, 1.82) is 0 Å². The molecule has 1 heterocycles. The summed E-state index contributed by atoms with van der Waals surface area (Å²) in [6, 6.07) is 8.61. The standard InChI is InChI=1S/C13H14Br2N2S/c1-8-4-9(2-3-12(8)15)13(17-16)6-11-5-10(14)7-18-11/h2-5,7,13,17H,6,16H2,1H3. The van der Waals surface area contributed by atoms with Crippen molar-refractivity contribution in [2.75, 3.05) is 0 Å². The number of rotatable bonds is 4. The number of aryl methyl sites for hydroxylation is 1. The second-order valence-electron chi connectivity index (χ2n) is 4.16. The van der Waals surface area contributed by atoms with Crippen LogP contribution in [0.3, 0.4) is 0 Å². The first-order chi connectivity index (χ1) is 8.60. The molecule has 2 nitrogen and oxygen atoms in total. The van der Waals surface area contributed by atoms with Gasteiger partial charge in [-0.25, -0.2) is 0 Å². The largest absolute Gasteiger partial charge is 0.271 e. The van der Waals surface area contributed by atoms with Crippen molar-refractivity contribution in [2.45, 2.75) is 19.4 Å². The van der Waals surface area contributed by atoms with Crippen LogP contribution in [-0.4, -0.2) is 0 Å². The monoisotopic (exact) mass is 388 g/mol. The molecule has 0 spiro atoms. The van der Waals surface area contributed by atoms with E-state index in [9.17, 15) is 0 Å². The molecule has 0 saturated heterocycles. The molecule has 3 N–H and O–H groups in total. The third kappa shape index (κ3) is 3.42. The van der Waals surface area contributed by atoms with Crippen LogP contribution in [0.5, 0.6) is 0 Å². The molecule has 0 saturated carbocycles. The minimum absolute atomic E-state index is 0.141. The maximum atomic E-state index is 5.68.